The number of nitrogens with zero attached hydrogens (tertiary/aromatic N) is 1. The Morgan fingerprint density at radius 3 is 2.65 bits per heavy atom. The second-order valence-electron chi connectivity index (χ2n) is 5.19. The van der Waals surface area contributed by atoms with E-state index in [0.717, 1.165) is 3.57 Å². The lowest BCUT2D eigenvalue weighted by Crippen LogP contribution is -2.35. The number of carboxylic acid groups (broad SMARTS) is 1. The molecule has 1 saturated heterocycles. The fraction of sp³-hybridized carbons (Fsp3) is 0.429. The standard InChI is InChI=1S/C14H16INO4/c1-14(13(18)19)5-6-16(8-14)12(17)10-4-3-9(20-2)7-11(10)15/h3-4,7H,5-6,8H2,1-2H3,(H,18,19). The highest BCUT2D eigenvalue weighted by Gasteiger charge is 2.42. The van der Waals surface area contributed by atoms with Crippen molar-refractivity contribution in [2.24, 2.45) is 5.41 Å². The second kappa shape index (κ2) is 5.59. The van der Waals surface area contributed by atoms with Gasteiger partial charge in [0, 0.05) is 16.7 Å². The molecule has 1 unspecified atom stereocenters. The van der Waals surface area contributed by atoms with Crippen molar-refractivity contribution in [3.63, 3.8) is 0 Å². The van der Waals surface area contributed by atoms with Gasteiger partial charge in [0.2, 0.25) is 0 Å². The molecular formula is C14H16INO4. The van der Waals surface area contributed by atoms with Crippen LogP contribution in [0.4, 0.5) is 0 Å². The summed E-state index contributed by atoms with van der Waals surface area (Å²) in [5.41, 5.74) is -0.255. The number of hydrogen-bond donors (Lipinski definition) is 1. The maximum Gasteiger partial charge on any atom is 0.311 e. The zero-order valence-electron chi connectivity index (χ0n) is 11.4. The first kappa shape index (κ1) is 15.1. The van der Waals surface area contributed by atoms with E-state index >= 15 is 0 Å². The Labute approximate surface area is 131 Å². The van der Waals surface area contributed by atoms with E-state index in [1.165, 1.54) is 0 Å². The van der Waals surface area contributed by atoms with Gasteiger partial charge in [-0.25, -0.2) is 0 Å². The molecule has 1 aromatic carbocycles. The number of aliphatic carboxylic acids is 1. The Bertz CT molecular complexity index is 560. The van der Waals surface area contributed by atoms with Gasteiger partial charge in [-0.1, -0.05) is 0 Å². The molecule has 1 N–H and O–H groups in total. The van der Waals surface area contributed by atoms with Gasteiger partial charge in [-0.2, -0.15) is 0 Å². The molecule has 0 aliphatic carbocycles. The lowest BCUT2D eigenvalue weighted by Gasteiger charge is -2.20. The van der Waals surface area contributed by atoms with Gasteiger partial charge in [-0.05, 0) is 54.1 Å². The Hall–Kier alpha value is -1.31. The van der Waals surface area contributed by atoms with E-state index in [1.54, 1.807) is 37.1 Å². The predicted octanol–water partition coefficient (Wildman–Crippen LogP) is 2.24. The van der Waals surface area contributed by atoms with Crippen LogP contribution < -0.4 is 4.74 Å². The molecule has 2 rings (SSSR count). The number of carbonyl (C=O) groups is 2. The molecule has 1 aliphatic rings. The summed E-state index contributed by atoms with van der Waals surface area (Å²) in [6.07, 6.45) is 0.487. The fourth-order valence-electron chi connectivity index (χ4n) is 2.28. The van der Waals surface area contributed by atoms with E-state index in [1.807, 2.05) is 0 Å². The monoisotopic (exact) mass is 389 g/mol. The Balaban J connectivity index is 2.19. The van der Waals surface area contributed by atoms with Gasteiger partial charge >= 0.3 is 5.97 Å². The number of hydrogen-bond acceptors (Lipinski definition) is 3. The number of carboxylic acids is 1. The van der Waals surface area contributed by atoms with Crippen molar-refractivity contribution in [2.45, 2.75) is 13.3 Å². The van der Waals surface area contributed by atoms with E-state index in [0.29, 0.717) is 24.3 Å². The first-order valence-corrected chi connectivity index (χ1v) is 7.31. The topological polar surface area (TPSA) is 66.8 Å². The second-order valence-corrected chi connectivity index (χ2v) is 6.35. The number of methoxy groups -OCH3 is 1. The molecular weight excluding hydrogens is 373 g/mol. The minimum Gasteiger partial charge on any atom is -0.497 e. The number of carbonyl (C=O) groups excluding carboxylic acids is 1. The predicted molar refractivity (Wildman–Crippen MR) is 82.0 cm³/mol. The molecule has 5 nitrogen and oxygen atoms in total. The summed E-state index contributed by atoms with van der Waals surface area (Å²) in [6.45, 7) is 2.41. The third kappa shape index (κ3) is 2.74. The Morgan fingerprint density at radius 2 is 2.15 bits per heavy atom. The molecule has 1 heterocycles. The van der Waals surface area contributed by atoms with Crippen LogP contribution in [0.25, 0.3) is 0 Å². The number of ether oxygens (including phenoxy) is 1. The highest BCUT2D eigenvalue weighted by Crippen LogP contribution is 2.32. The SMILES string of the molecule is COc1ccc(C(=O)N2CCC(C)(C(=O)O)C2)c(I)c1. The normalized spacial score (nSPS) is 21.9. The average Bonchev–Trinajstić information content (AvgIpc) is 2.82. The number of amides is 1. The van der Waals surface area contributed by atoms with Crippen molar-refractivity contribution < 1.29 is 19.4 Å². The summed E-state index contributed by atoms with van der Waals surface area (Å²) in [5, 5.41) is 9.21. The van der Waals surface area contributed by atoms with Crippen molar-refractivity contribution in [2.75, 3.05) is 20.2 Å². The summed E-state index contributed by atoms with van der Waals surface area (Å²) in [6, 6.07) is 5.25. The van der Waals surface area contributed by atoms with Crippen molar-refractivity contribution in [1.29, 1.82) is 0 Å². The maximum absolute atomic E-state index is 12.5. The van der Waals surface area contributed by atoms with Crippen LogP contribution in [-0.2, 0) is 4.79 Å². The zero-order valence-corrected chi connectivity index (χ0v) is 13.5. The van der Waals surface area contributed by atoms with Crippen molar-refractivity contribution >= 4 is 34.5 Å². The third-order valence-electron chi connectivity index (χ3n) is 3.68. The smallest absolute Gasteiger partial charge is 0.311 e. The van der Waals surface area contributed by atoms with Crippen LogP contribution in [0.1, 0.15) is 23.7 Å². The van der Waals surface area contributed by atoms with Gasteiger partial charge in [0.15, 0.2) is 0 Å². The summed E-state index contributed by atoms with van der Waals surface area (Å²) in [7, 11) is 1.58. The zero-order chi connectivity index (χ0) is 14.9. The highest BCUT2D eigenvalue weighted by atomic mass is 127. The summed E-state index contributed by atoms with van der Waals surface area (Å²) >= 11 is 2.09. The van der Waals surface area contributed by atoms with Crippen molar-refractivity contribution in [3.8, 4) is 5.75 Å². The fourth-order valence-corrected chi connectivity index (χ4v) is 2.99. The Kier molecular flexibility index (Phi) is 4.22. The molecule has 1 aliphatic heterocycles. The van der Waals surface area contributed by atoms with Gasteiger partial charge in [0.1, 0.15) is 5.75 Å². The summed E-state index contributed by atoms with van der Waals surface area (Å²) in [4.78, 5) is 25.3. The lowest BCUT2D eigenvalue weighted by atomic mass is 9.90. The molecule has 0 bridgehead atoms. The molecule has 6 heteroatoms. The summed E-state index contributed by atoms with van der Waals surface area (Å²) in [5.74, 6) is -0.276. The largest absolute Gasteiger partial charge is 0.497 e. The third-order valence-corrected chi connectivity index (χ3v) is 4.58. The van der Waals surface area contributed by atoms with Gasteiger partial charge in [-0.15, -0.1) is 0 Å². The molecule has 1 fully saturated rings. The maximum atomic E-state index is 12.5. The minimum absolute atomic E-state index is 0.123. The molecule has 20 heavy (non-hydrogen) atoms. The van der Waals surface area contributed by atoms with E-state index in [-0.39, 0.29) is 12.5 Å². The molecule has 0 spiro atoms. The van der Waals surface area contributed by atoms with Crippen molar-refractivity contribution in [1.82, 2.24) is 4.90 Å². The van der Waals surface area contributed by atoms with Crippen LogP contribution >= 0.6 is 22.6 Å². The number of likely N-dealkylation sites (tertiary alicyclic amines) is 1. The van der Waals surface area contributed by atoms with Gasteiger partial charge in [-0.3, -0.25) is 9.59 Å². The molecule has 0 radical (unpaired) electrons. The average molecular weight is 389 g/mol. The van der Waals surface area contributed by atoms with Crippen LogP contribution in [0.2, 0.25) is 0 Å². The quantitative estimate of drug-likeness (QED) is 0.806. The first-order chi connectivity index (χ1) is 9.37. The molecule has 0 aromatic heterocycles. The van der Waals surface area contributed by atoms with Gasteiger partial charge < -0.3 is 14.7 Å². The lowest BCUT2D eigenvalue weighted by molar-refractivity contribution is -0.147. The van der Waals surface area contributed by atoms with Crippen LogP contribution in [0.5, 0.6) is 5.75 Å². The van der Waals surface area contributed by atoms with E-state index < -0.39 is 11.4 Å². The van der Waals surface area contributed by atoms with Gasteiger partial charge in [0.25, 0.3) is 5.91 Å². The van der Waals surface area contributed by atoms with E-state index in [2.05, 4.69) is 22.6 Å². The molecule has 108 valence electrons. The molecule has 1 atom stereocenters. The van der Waals surface area contributed by atoms with E-state index in [4.69, 9.17) is 4.74 Å². The summed E-state index contributed by atoms with van der Waals surface area (Å²) < 4.78 is 5.91. The number of halogens is 1. The number of benzene rings is 1. The van der Waals surface area contributed by atoms with Crippen LogP contribution in [0.15, 0.2) is 18.2 Å². The molecule has 0 saturated carbocycles. The minimum atomic E-state index is -0.850. The van der Waals surface area contributed by atoms with Gasteiger partial charge in [0.05, 0.1) is 18.1 Å². The first-order valence-electron chi connectivity index (χ1n) is 6.23. The highest BCUT2D eigenvalue weighted by molar-refractivity contribution is 14.1. The van der Waals surface area contributed by atoms with Crippen LogP contribution in [0.3, 0.4) is 0 Å². The van der Waals surface area contributed by atoms with Crippen LogP contribution in [-0.4, -0.2) is 42.1 Å². The van der Waals surface area contributed by atoms with Crippen LogP contribution in [0, 0.1) is 8.99 Å². The van der Waals surface area contributed by atoms with E-state index in [9.17, 15) is 14.7 Å². The number of rotatable bonds is 3. The Morgan fingerprint density at radius 1 is 1.45 bits per heavy atom. The molecule has 1 aromatic rings. The van der Waals surface area contributed by atoms with Crippen molar-refractivity contribution in [3.05, 3.63) is 27.3 Å². The molecule has 1 amide bonds.